The van der Waals surface area contributed by atoms with Crippen molar-refractivity contribution in [2.24, 2.45) is 0 Å². The molecule has 3 aromatic carbocycles. The summed E-state index contributed by atoms with van der Waals surface area (Å²) in [6.45, 7) is 7.96. The predicted molar refractivity (Wildman–Crippen MR) is 116 cm³/mol. The summed E-state index contributed by atoms with van der Waals surface area (Å²) in [5.74, 6) is 0.970. The van der Waals surface area contributed by atoms with Gasteiger partial charge in [-0.05, 0) is 22.4 Å². The maximum atomic E-state index is 6.22. The normalized spacial score (nSPS) is 15.0. The van der Waals surface area contributed by atoms with Crippen LogP contribution in [0.15, 0.2) is 66.7 Å². The third-order valence-electron chi connectivity index (χ3n) is 5.35. The SMILES string of the molecule is c1ccc(COc2ccc3ccccc3c2CNCCN2CCNCC2)cc1. The van der Waals surface area contributed by atoms with E-state index in [0.717, 1.165) is 51.6 Å². The summed E-state index contributed by atoms with van der Waals surface area (Å²) < 4.78 is 6.22. The van der Waals surface area contributed by atoms with E-state index in [0.29, 0.717) is 6.61 Å². The molecule has 0 amide bonds. The smallest absolute Gasteiger partial charge is 0.124 e. The molecule has 0 spiro atoms. The largest absolute Gasteiger partial charge is 0.489 e. The van der Waals surface area contributed by atoms with Gasteiger partial charge < -0.3 is 15.4 Å². The minimum Gasteiger partial charge on any atom is -0.489 e. The average molecular weight is 376 g/mol. The van der Waals surface area contributed by atoms with Crippen LogP contribution in [-0.4, -0.2) is 44.2 Å². The van der Waals surface area contributed by atoms with Crippen molar-refractivity contribution in [3.63, 3.8) is 0 Å². The molecule has 0 aliphatic carbocycles. The lowest BCUT2D eigenvalue weighted by Gasteiger charge is -2.27. The molecule has 0 aromatic heterocycles. The van der Waals surface area contributed by atoms with Crippen molar-refractivity contribution in [3.8, 4) is 5.75 Å². The second-order valence-electron chi connectivity index (χ2n) is 7.31. The van der Waals surface area contributed by atoms with E-state index < -0.39 is 0 Å². The van der Waals surface area contributed by atoms with Crippen molar-refractivity contribution >= 4 is 10.8 Å². The lowest BCUT2D eigenvalue weighted by Crippen LogP contribution is -2.45. The van der Waals surface area contributed by atoms with Gasteiger partial charge in [-0.15, -0.1) is 0 Å². The van der Waals surface area contributed by atoms with Gasteiger partial charge in [0.15, 0.2) is 0 Å². The molecule has 1 aliphatic heterocycles. The molecule has 0 radical (unpaired) electrons. The van der Waals surface area contributed by atoms with Crippen molar-refractivity contribution in [2.75, 3.05) is 39.3 Å². The van der Waals surface area contributed by atoms with E-state index >= 15 is 0 Å². The zero-order valence-electron chi connectivity index (χ0n) is 16.4. The first-order valence-electron chi connectivity index (χ1n) is 10.2. The molecule has 0 atom stereocenters. The van der Waals surface area contributed by atoms with Crippen molar-refractivity contribution in [3.05, 3.63) is 77.9 Å². The highest BCUT2D eigenvalue weighted by Gasteiger charge is 2.11. The molecule has 1 fully saturated rings. The van der Waals surface area contributed by atoms with Crippen molar-refractivity contribution in [2.45, 2.75) is 13.2 Å². The van der Waals surface area contributed by atoms with Gasteiger partial charge in [0.05, 0.1) is 0 Å². The first-order chi connectivity index (χ1) is 13.9. The quantitative estimate of drug-likeness (QED) is 0.592. The minimum atomic E-state index is 0.590. The summed E-state index contributed by atoms with van der Waals surface area (Å²) in [6, 6.07) is 23.2. The van der Waals surface area contributed by atoms with Gasteiger partial charge in [-0.1, -0.05) is 60.7 Å². The highest BCUT2D eigenvalue weighted by Crippen LogP contribution is 2.28. The van der Waals surface area contributed by atoms with E-state index in [4.69, 9.17) is 4.74 Å². The Morgan fingerprint density at radius 1 is 0.893 bits per heavy atom. The highest BCUT2D eigenvalue weighted by atomic mass is 16.5. The van der Waals surface area contributed by atoms with Crippen LogP contribution >= 0.6 is 0 Å². The van der Waals surface area contributed by atoms with Gasteiger partial charge in [0.25, 0.3) is 0 Å². The molecule has 4 nitrogen and oxygen atoms in total. The summed E-state index contributed by atoms with van der Waals surface area (Å²) in [5, 5.41) is 9.57. The number of nitrogens with zero attached hydrogens (tertiary/aromatic N) is 1. The third kappa shape index (κ3) is 4.90. The maximum Gasteiger partial charge on any atom is 0.124 e. The number of nitrogens with one attached hydrogen (secondary N) is 2. The van der Waals surface area contributed by atoms with E-state index in [1.807, 2.05) is 6.07 Å². The molecular formula is C24H29N3O. The Labute approximate surface area is 167 Å². The zero-order chi connectivity index (χ0) is 19.0. The molecule has 146 valence electrons. The number of hydrogen-bond acceptors (Lipinski definition) is 4. The van der Waals surface area contributed by atoms with E-state index in [-0.39, 0.29) is 0 Å². The number of rotatable bonds is 8. The van der Waals surface area contributed by atoms with Crippen LogP contribution in [0, 0.1) is 0 Å². The molecule has 0 saturated carbocycles. The molecule has 1 aliphatic rings. The molecule has 4 rings (SSSR count). The van der Waals surface area contributed by atoms with Crippen LogP contribution < -0.4 is 15.4 Å². The van der Waals surface area contributed by atoms with Crippen molar-refractivity contribution in [1.82, 2.24) is 15.5 Å². The molecule has 1 heterocycles. The highest BCUT2D eigenvalue weighted by molar-refractivity contribution is 5.87. The van der Waals surface area contributed by atoms with E-state index in [2.05, 4.69) is 76.2 Å². The van der Waals surface area contributed by atoms with Crippen LogP contribution in [0.4, 0.5) is 0 Å². The van der Waals surface area contributed by atoms with Crippen LogP contribution in [0.2, 0.25) is 0 Å². The fourth-order valence-corrected chi connectivity index (χ4v) is 3.75. The number of benzene rings is 3. The second kappa shape index (κ2) is 9.69. The van der Waals surface area contributed by atoms with Crippen molar-refractivity contribution in [1.29, 1.82) is 0 Å². The Morgan fingerprint density at radius 3 is 2.54 bits per heavy atom. The number of hydrogen-bond donors (Lipinski definition) is 2. The Morgan fingerprint density at radius 2 is 1.68 bits per heavy atom. The molecule has 0 unspecified atom stereocenters. The Bertz CT molecular complexity index is 875. The van der Waals surface area contributed by atoms with Gasteiger partial charge in [0.2, 0.25) is 0 Å². The Kier molecular flexibility index (Phi) is 6.56. The van der Waals surface area contributed by atoms with Gasteiger partial charge in [-0.25, -0.2) is 0 Å². The van der Waals surface area contributed by atoms with Gasteiger partial charge in [-0.3, -0.25) is 4.90 Å². The van der Waals surface area contributed by atoms with E-state index in [1.165, 1.54) is 21.9 Å². The Balaban J connectivity index is 1.44. The van der Waals surface area contributed by atoms with E-state index in [1.54, 1.807) is 0 Å². The van der Waals surface area contributed by atoms with Gasteiger partial charge in [-0.2, -0.15) is 0 Å². The van der Waals surface area contributed by atoms with Crippen molar-refractivity contribution < 1.29 is 4.74 Å². The monoisotopic (exact) mass is 375 g/mol. The Hall–Kier alpha value is -2.40. The fraction of sp³-hybridized carbons (Fsp3) is 0.333. The molecule has 0 bridgehead atoms. The molecule has 1 saturated heterocycles. The number of fused-ring (bicyclic) bond motifs is 1. The molecule has 28 heavy (non-hydrogen) atoms. The molecular weight excluding hydrogens is 346 g/mol. The minimum absolute atomic E-state index is 0.590. The summed E-state index contributed by atoms with van der Waals surface area (Å²) in [7, 11) is 0. The number of ether oxygens (including phenoxy) is 1. The average Bonchev–Trinajstić information content (AvgIpc) is 2.77. The van der Waals surface area contributed by atoms with Gasteiger partial charge in [0, 0.05) is 51.4 Å². The van der Waals surface area contributed by atoms with Crippen LogP contribution in [-0.2, 0) is 13.2 Å². The zero-order valence-corrected chi connectivity index (χ0v) is 16.4. The summed E-state index contributed by atoms with van der Waals surface area (Å²) in [4.78, 5) is 2.51. The standard InChI is InChI=1S/C24H29N3O/c1-2-6-20(7-3-1)19-28-24-11-10-21-8-4-5-9-22(21)23(24)18-26-14-17-27-15-12-25-13-16-27/h1-11,25-26H,12-19H2. The first kappa shape index (κ1) is 18.9. The second-order valence-corrected chi connectivity index (χ2v) is 7.31. The number of piperazine rings is 1. The maximum absolute atomic E-state index is 6.22. The lowest BCUT2D eigenvalue weighted by atomic mass is 10.0. The third-order valence-corrected chi connectivity index (χ3v) is 5.35. The van der Waals surface area contributed by atoms with E-state index in [9.17, 15) is 0 Å². The van der Waals surface area contributed by atoms with Gasteiger partial charge >= 0.3 is 0 Å². The summed E-state index contributed by atoms with van der Waals surface area (Å²) in [6.07, 6.45) is 0. The summed E-state index contributed by atoms with van der Waals surface area (Å²) >= 11 is 0. The topological polar surface area (TPSA) is 36.5 Å². The molecule has 2 N–H and O–H groups in total. The fourth-order valence-electron chi connectivity index (χ4n) is 3.75. The van der Waals surface area contributed by atoms with Crippen LogP contribution in [0.1, 0.15) is 11.1 Å². The lowest BCUT2D eigenvalue weighted by molar-refractivity contribution is 0.240. The van der Waals surface area contributed by atoms with Crippen LogP contribution in [0.5, 0.6) is 5.75 Å². The van der Waals surface area contributed by atoms with Gasteiger partial charge in [0.1, 0.15) is 12.4 Å². The first-order valence-corrected chi connectivity index (χ1v) is 10.2. The summed E-state index contributed by atoms with van der Waals surface area (Å²) in [5.41, 5.74) is 2.43. The molecule has 4 heteroatoms. The van der Waals surface area contributed by atoms with Crippen LogP contribution in [0.3, 0.4) is 0 Å². The predicted octanol–water partition coefficient (Wildman–Crippen LogP) is 3.41. The van der Waals surface area contributed by atoms with Crippen LogP contribution in [0.25, 0.3) is 10.8 Å². The molecule has 3 aromatic rings.